The largest absolute Gasteiger partial charge is 0.370 e. The van der Waals surface area contributed by atoms with Gasteiger partial charge in [-0.1, -0.05) is 17.3 Å². The number of aryl methyl sites for hydroxylation is 3. The van der Waals surface area contributed by atoms with E-state index in [-0.39, 0.29) is 17.9 Å². The molecule has 1 aromatic heterocycles. The van der Waals surface area contributed by atoms with Crippen LogP contribution in [0.2, 0.25) is 0 Å². The number of carbonyl (C=O) groups excluding carboxylic acids is 1. The molecule has 0 spiro atoms. The van der Waals surface area contributed by atoms with Crippen molar-refractivity contribution < 1.29 is 4.79 Å². The molecule has 31 heavy (non-hydrogen) atoms. The fourth-order valence-electron chi connectivity index (χ4n) is 3.35. The molecule has 9 nitrogen and oxygen atoms in total. The lowest BCUT2D eigenvalue weighted by atomic mass is 10.1. The maximum Gasteiger partial charge on any atom is 0.255 e. The van der Waals surface area contributed by atoms with Gasteiger partial charge in [0.1, 0.15) is 6.04 Å². The van der Waals surface area contributed by atoms with E-state index in [2.05, 4.69) is 33.3 Å². The van der Waals surface area contributed by atoms with Gasteiger partial charge in [0.25, 0.3) is 5.91 Å². The van der Waals surface area contributed by atoms with Crippen LogP contribution in [0.25, 0.3) is 0 Å². The summed E-state index contributed by atoms with van der Waals surface area (Å²) in [6.45, 7) is 1.32. The fraction of sp³-hybridized carbons (Fsp3) is 0.450. The molecule has 0 bridgehead atoms. The maximum absolute atomic E-state index is 12.8. The third-order valence-corrected chi connectivity index (χ3v) is 5.58. The van der Waals surface area contributed by atoms with Crippen LogP contribution in [-0.4, -0.2) is 50.3 Å². The Morgan fingerprint density at radius 3 is 2.71 bits per heavy atom. The van der Waals surface area contributed by atoms with Crippen molar-refractivity contribution in [1.82, 2.24) is 20.3 Å². The Morgan fingerprint density at radius 2 is 2.00 bits per heavy atom. The molecule has 2 aromatic rings. The Bertz CT molecular complexity index is 924. The molecule has 3 rings (SSSR count). The van der Waals surface area contributed by atoms with Gasteiger partial charge in [0.2, 0.25) is 0 Å². The highest BCUT2D eigenvalue weighted by Gasteiger charge is 2.35. The van der Waals surface area contributed by atoms with Crippen molar-refractivity contribution >= 4 is 47.5 Å². The number of nitrogens with one attached hydrogen (secondary N) is 1. The first-order chi connectivity index (χ1) is 15.0. The number of amides is 1. The number of aromatic nitrogens is 3. The monoisotopic (exact) mass is 460 g/mol. The highest BCUT2D eigenvalue weighted by Crippen LogP contribution is 2.22. The molecule has 11 heteroatoms. The van der Waals surface area contributed by atoms with Gasteiger partial charge in [-0.15, -0.1) is 5.10 Å². The zero-order chi connectivity index (χ0) is 22.2. The number of guanidine groups is 1. The Kier molecular flexibility index (Phi) is 8.24. The molecule has 5 N–H and O–H groups in total. The van der Waals surface area contributed by atoms with Crippen LogP contribution in [0.5, 0.6) is 0 Å². The number of nitrogens with two attached hydrogens (primary N) is 2. The van der Waals surface area contributed by atoms with E-state index >= 15 is 0 Å². The molecule has 1 amide bonds. The van der Waals surface area contributed by atoms with E-state index in [0.29, 0.717) is 24.5 Å². The summed E-state index contributed by atoms with van der Waals surface area (Å²) >= 11 is 9.60. The fourth-order valence-corrected chi connectivity index (χ4v) is 3.83. The summed E-state index contributed by atoms with van der Waals surface area (Å²) in [5.74, 6) is 0.833. The van der Waals surface area contributed by atoms with Gasteiger partial charge in [0.15, 0.2) is 11.1 Å². The quantitative estimate of drug-likeness (QED) is 0.130. The third kappa shape index (κ3) is 6.41. The normalized spacial score (nSPS) is 15.9. The second-order valence-corrected chi connectivity index (χ2v) is 8.18. The molecular weight excluding hydrogens is 432 g/mol. The lowest BCUT2D eigenvalue weighted by molar-refractivity contribution is -0.118. The van der Waals surface area contributed by atoms with Crippen molar-refractivity contribution in [1.29, 1.82) is 0 Å². The Balaban J connectivity index is 1.53. The zero-order valence-electron chi connectivity index (χ0n) is 17.3. The average Bonchev–Trinajstić information content (AvgIpc) is 3.32. The Labute approximate surface area is 192 Å². The minimum atomic E-state index is -0.355. The van der Waals surface area contributed by atoms with Gasteiger partial charge < -0.3 is 16.8 Å². The molecule has 1 fully saturated rings. The van der Waals surface area contributed by atoms with Crippen LogP contribution in [0.4, 0.5) is 5.69 Å². The van der Waals surface area contributed by atoms with Crippen molar-refractivity contribution in [2.45, 2.75) is 44.7 Å². The third-order valence-electron chi connectivity index (χ3n) is 4.96. The molecule has 1 aliphatic heterocycles. The van der Waals surface area contributed by atoms with E-state index < -0.39 is 0 Å². The molecule has 0 saturated carbocycles. The number of carbonyl (C=O) groups is 1. The summed E-state index contributed by atoms with van der Waals surface area (Å²) in [5.41, 5.74) is 13.5. The Hall–Kier alpha value is -2.66. The van der Waals surface area contributed by atoms with E-state index in [9.17, 15) is 4.79 Å². The number of hydrogen-bond donors (Lipinski definition) is 4. The number of thiol groups is 1. The van der Waals surface area contributed by atoms with Crippen LogP contribution in [0.15, 0.2) is 35.5 Å². The predicted molar refractivity (Wildman–Crippen MR) is 129 cm³/mol. The van der Waals surface area contributed by atoms with E-state index in [0.717, 1.165) is 48.5 Å². The number of hydrogen-bond acceptors (Lipinski definition) is 6. The lowest BCUT2D eigenvalue weighted by Crippen LogP contribution is -2.31. The van der Waals surface area contributed by atoms with Gasteiger partial charge in [-0.25, -0.2) is 0 Å². The Morgan fingerprint density at radius 1 is 1.23 bits per heavy atom. The maximum atomic E-state index is 12.8. The molecule has 1 aromatic carbocycles. The number of rotatable bonds is 11. The van der Waals surface area contributed by atoms with E-state index in [1.165, 1.54) is 0 Å². The standard InChI is InChI=1S/C20H28N8OS2/c21-19(22)23-10-1-3-17-18(29)28(20(31)24-17)16-8-5-14(6-9-16)4-7-15-13-27(26-25-15)11-2-12-30/h5-6,8-9,13,17,30H,1-4,7,10-12H2,(H,24,31)(H4,21,22,23). The minimum Gasteiger partial charge on any atom is -0.370 e. The summed E-state index contributed by atoms with van der Waals surface area (Å²) in [4.78, 5) is 18.3. The first kappa shape index (κ1) is 23.0. The summed E-state index contributed by atoms with van der Waals surface area (Å²) in [5, 5.41) is 11.9. The predicted octanol–water partition coefficient (Wildman–Crippen LogP) is 1.03. The van der Waals surface area contributed by atoms with Gasteiger partial charge in [0.05, 0.1) is 11.4 Å². The summed E-state index contributed by atoms with van der Waals surface area (Å²) in [6, 6.07) is 7.52. The van der Waals surface area contributed by atoms with E-state index in [1.54, 1.807) is 4.90 Å². The molecular formula is C20H28N8OS2. The highest BCUT2D eigenvalue weighted by atomic mass is 32.1. The topological polar surface area (TPSA) is 127 Å². The SMILES string of the molecule is NC(N)=NCCCC1NC(=S)N(c2ccc(CCc3cn(CCCS)nn3)cc2)C1=O. The molecule has 166 valence electrons. The summed E-state index contributed by atoms with van der Waals surface area (Å²) in [7, 11) is 0. The van der Waals surface area contributed by atoms with Crippen LogP contribution in [0.1, 0.15) is 30.5 Å². The number of thiocarbonyl (C=S) groups is 1. The zero-order valence-corrected chi connectivity index (χ0v) is 19.0. The molecule has 1 atom stereocenters. The van der Waals surface area contributed by atoms with Crippen LogP contribution < -0.4 is 21.7 Å². The molecule has 2 heterocycles. The summed E-state index contributed by atoms with van der Waals surface area (Å²) in [6.07, 6.45) is 5.90. The van der Waals surface area contributed by atoms with Crippen molar-refractivity contribution in [3.05, 3.63) is 41.7 Å². The summed E-state index contributed by atoms with van der Waals surface area (Å²) < 4.78 is 1.86. The van der Waals surface area contributed by atoms with E-state index in [4.69, 9.17) is 23.7 Å². The van der Waals surface area contributed by atoms with Crippen molar-refractivity contribution in [2.24, 2.45) is 16.5 Å². The van der Waals surface area contributed by atoms with E-state index in [1.807, 2.05) is 35.1 Å². The molecule has 1 saturated heterocycles. The van der Waals surface area contributed by atoms with Crippen molar-refractivity contribution in [3.8, 4) is 0 Å². The molecule has 1 aliphatic rings. The second-order valence-electron chi connectivity index (χ2n) is 7.34. The lowest BCUT2D eigenvalue weighted by Gasteiger charge is -2.15. The van der Waals surface area contributed by atoms with Crippen molar-refractivity contribution in [3.63, 3.8) is 0 Å². The average molecular weight is 461 g/mol. The number of aliphatic imine (C=N–C) groups is 1. The van der Waals surface area contributed by atoms with Crippen LogP contribution in [0, 0.1) is 0 Å². The van der Waals surface area contributed by atoms with Crippen LogP contribution in [-0.2, 0) is 24.2 Å². The highest BCUT2D eigenvalue weighted by molar-refractivity contribution is 7.80. The van der Waals surface area contributed by atoms with Gasteiger partial charge in [-0.05, 0) is 67.8 Å². The number of anilines is 1. The van der Waals surface area contributed by atoms with Gasteiger partial charge in [-0.3, -0.25) is 19.4 Å². The van der Waals surface area contributed by atoms with Gasteiger partial charge in [0, 0.05) is 19.3 Å². The smallest absolute Gasteiger partial charge is 0.255 e. The first-order valence-corrected chi connectivity index (χ1v) is 11.3. The minimum absolute atomic E-state index is 0.0553. The second kappa shape index (κ2) is 11.1. The molecule has 0 aliphatic carbocycles. The molecule has 1 unspecified atom stereocenters. The molecule has 0 radical (unpaired) electrons. The van der Waals surface area contributed by atoms with Crippen LogP contribution in [0.3, 0.4) is 0 Å². The van der Waals surface area contributed by atoms with Gasteiger partial charge in [-0.2, -0.15) is 12.6 Å². The van der Waals surface area contributed by atoms with Crippen molar-refractivity contribution in [2.75, 3.05) is 17.2 Å². The van der Waals surface area contributed by atoms with Gasteiger partial charge >= 0.3 is 0 Å². The first-order valence-electron chi connectivity index (χ1n) is 10.3. The number of benzene rings is 1. The number of nitrogens with zero attached hydrogens (tertiary/aromatic N) is 5. The van der Waals surface area contributed by atoms with Crippen LogP contribution >= 0.6 is 24.8 Å².